The maximum Gasteiger partial charge on any atom is 0.306 e. The Balaban J connectivity index is 4.25. The molecule has 0 saturated carbocycles. The summed E-state index contributed by atoms with van der Waals surface area (Å²) >= 11 is 0. The fourth-order valence-electron chi connectivity index (χ4n) is 8.52. The highest BCUT2D eigenvalue weighted by atomic mass is 16.6. The van der Waals surface area contributed by atoms with Crippen molar-refractivity contribution >= 4 is 17.9 Å². The number of esters is 3. The van der Waals surface area contributed by atoms with Crippen LogP contribution >= 0.6 is 0 Å². The van der Waals surface area contributed by atoms with Crippen LogP contribution in [-0.4, -0.2) is 37.2 Å². The Labute approximate surface area is 387 Å². The lowest BCUT2D eigenvalue weighted by atomic mass is 10.0. The number of carbonyl (C=O) groups is 3. The van der Waals surface area contributed by atoms with Crippen LogP contribution in [0.15, 0.2) is 0 Å². The van der Waals surface area contributed by atoms with Crippen LogP contribution < -0.4 is 0 Å². The summed E-state index contributed by atoms with van der Waals surface area (Å²) in [6.45, 7) is 11.4. The first-order valence-electron chi connectivity index (χ1n) is 27.7. The Morgan fingerprint density at radius 2 is 0.532 bits per heavy atom. The first-order valence-corrected chi connectivity index (χ1v) is 27.7. The number of hydrogen-bond donors (Lipinski definition) is 0. The van der Waals surface area contributed by atoms with Crippen molar-refractivity contribution in [3.63, 3.8) is 0 Å². The molecule has 0 aliphatic carbocycles. The van der Waals surface area contributed by atoms with E-state index in [1.807, 2.05) is 0 Å². The van der Waals surface area contributed by atoms with Gasteiger partial charge in [-0.1, -0.05) is 272 Å². The standard InChI is InChI=1S/C56H108O6/c1-6-7-8-9-10-11-26-31-36-41-46-54(57)60-49-53(50-61-55(58)47-42-37-32-27-22-19-18-21-25-30-35-40-45-52(4)5)62-56(59)48-43-38-33-28-23-17-15-13-12-14-16-20-24-29-34-39-44-51(2)3/h51-53H,6-50H2,1-5H3/t53-/m1/s1. The van der Waals surface area contributed by atoms with E-state index in [9.17, 15) is 14.4 Å². The SMILES string of the molecule is CCCCCCCCCCCCC(=O)OC[C@H](COC(=O)CCCCCCCCCCCCCCC(C)C)OC(=O)CCCCCCCCCCCCCCCCCCC(C)C. The van der Waals surface area contributed by atoms with Gasteiger partial charge in [-0.25, -0.2) is 0 Å². The smallest absolute Gasteiger partial charge is 0.306 e. The molecule has 0 spiro atoms. The van der Waals surface area contributed by atoms with Gasteiger partial charge in [0.15, 0.2) is 6.10 Å². The quantitative estimate of drug-likeness (QED) is 0.0344. The van der Waals surface area contributed by atoms with E-state index in [0.29, 0.717) is 19.3 Å². The molecule has 0 fully saturated rings. The van der Waals surface area contributed by atoms with Crippen LogP contribution in [0.4, 0.5) is 0 Å². The molecule has 0 heterocycles. The molecule has 0 aromatic heterocycles. The van der Waals surface area contributed by atoms with Gasteiger partial charge in [-0.15, -0.1) is 0 Å². The molecule has 0 rings (SSSR count). The predicted octanol–water partition coefficient (Wildman–Crippen LogP) is 18.1. The maximum absolute atomic E-state index is 12.8. The summed E-state index contributed by atoms with van der Waals surface area (Å²) in [6.07, 6.45) is 50.9. The summed E-state index contributed by atoms with van der Waals surface area (Å²) in [6, 6.07) is 0. The van der Waals surface area contributed by atoms with Crippen LogP contribution in [0, 0.1) is 11.8 Å². The van der Waals surface area contributed by atoms with Crippen LogP contribution in [0.5, 0.6) is 0 Å². The summed E-state index contributed by atoms with van der Waals surface area (Å²) < 4.78 is 16.8. The van der Waals surface area contributed by atoms with Crippen LogP contribution in [-0.2, 0) is 28.6 Å². The Bertz CT molecular complexity index is 947. The van der Waals surface area contributed by atoms with Crippen molar-refractivity contribution in [1.29, 1.82) is 0 Å². The molecular formula is C56H108O6. The van der Waals surface area contributed by atoms with Crippen molar-refractivity contribution in [2.24, 2.45) is 11.8 Å². The zero-order chi connectivity index (χ0) is 45.4. The van der Waals surface area contributed by atoms with Gasteiger partial charge >= 0.3 is 17.9 Å². The highest BCUT2D eigenvalue weighted by Gasteiger charge is 2.19. The van der Waals surface area contributed by atoms with E-state index < -0.39 is 6.10 Å². The van der Waals surface area contributed by atoms with Crippen molar-refractivity contribution < 1.29 is 28.6 Å². The lowest BCUT2D eigenvalue weighted by Crippen LogP contribution is -2.30. The van der Waals surface area contributed by atoms with E-state index in [0.717, 1.165) is 69.6 Å². The molecule has 1 atom stereocenters. The average Bonchev–Trinajstić information content (AvgIpc) is 3.24. The molecular weight excluding hydrogens is 769 g/mol. The molecule has 0 aliphatic rings. The third-order valence-electron chi connectivity index (χ3n) is 12.7. The van der Waals surface area contributed by atoms with E-state index in [2.05, 4.69) is 34.6 Å². The lowest BCUT2D eigenvalue weighted by molar-refractivity contribution is -0.167. The van der Waals surface area contributed by atoms with Crippen molar-refractivity contribution in [3.8, 4) is 0 Å². The summed E-state index contributed by atoms with van der Waals surface area (Å²) in [5.74, 6) is 0.842. The zero-order valence-electron chi connectivity index (χ0n) is 42.5. The van der Waals surface area contributed by atoms with Crippen LogP contribution in [0.2, 0.25) is 0 Å². The number of rotatable bonds is 50. The Morgan fingerprint density at radius 1 is 0.306 bits per heavy atom. The molecule has 0 aromatic rings. The number of carbonyl (C=O) groups excluding carboxylic acids is 3. The lowest BCUT2D eigenvalue weighted by Gasteiger charge is -2.18. The van der Waals surface area contributed by atoms with Gasteiger partial charge in [0.1, 0.15) is 13.2 Å². The van der Waals surface area contributed by atoms with Gasteiger partial charge in [-0.3, -0.25) is 14.4 Å². The highest BCUT2D eigenvalue weighted by molar-refractivity contribution is 5.71. The molecule has 0 amide bonds. The van der Waals surface area contributed by atoms with Gasteiger partial charge in [0.05, 0.1) is 0 Å². The fourth-order valence-corrected chi connectivity index (χ4v) is 8.52. The molecule has 0 aliphatic heterocycles. The molecule has 0 unspecified atom stereocenters. The average molecular weight is 877 g/mol. The second kappa shape index (κ2) is 48.9. The summed E-state index contributed by atoms with van der Waals surface area (Å²) in [5, 5.41) is 0. The number of unbranched alkanes of at least 4 members (excludes halogenated alkanes) is 35. The molecule has 0 aromatic carbocycles. The monoisotopic (exact) mass is 877 g/mol. The van der Waals surface area contributed by atoms with Crippen LogP contribution in [0.25, 0.3) is 0 Å². The third-order valence-corrected chi connectivity index (χ3v) is 12.7. The third kappa shape index (κ3) is 49.4. The fraction of sp³-hybridized carbons (Fsp3) is 0.946. The highest BCUT2D eigenvalue weighted by Crippen LogP contribution is 2.18. The zero-order valence-corrected chi connectivity index (χ0v) is 42.5. The number of hydrogen-bond acceptors (Lipinski definition) is 6. The van der Waals surface area contributed by atoms with Gasteiger partial charge in [-0.2, -0.15) is 0 Å². The van der Waals surface area contributed by atoms with Gasteiger partial charge < -0.3 is 14.2 Å². The topological polar surface area (TPSA) is 78.9 Å². The Morgan fingerprint density at radius 3 is 0.790 bits per heavy atom. The molecule has 0 bridgehead atoms. The minimum absolute atomic E-state index is 0.0631. The van der Waals surface area contributed by atoms with Gasteiger partial charge in [0.2, 0.25) is 0 Å². The van der Waals surface area contributed by atoms with Crippen molar-refractivity contribution in [2.75, 3.05) is 13.2 Å². The molecule has 6 nitrogen and oxygen atoms in total. The van der Waals surface area contributed by atoms with Crippen molar-refractivity contribution in [2.45, 2.75) is 317 Å². The summed E-state index contributed by atoms with van der Waals surface area (Å²) in [5.41, 5.74) is 0. The predicted molar refractivity (Wildman–Crippen MR) is 266 cm³/mol. The molecule has 0 saturated heterocycles. The minimum Gasteiger partial charge on any atom is -0.462 e. The Hall–Kier alpha value is -1.59. The number of ether oxygens (including phenoxy) is 3. The summed E-state index contributed by atoms with van der Waals surface area (Å²) in [4.78, 5) is 38.0. The first kappa shape index (κ1) is 60.4. The van der Waals surface area contributed by atoms with Gasteiger partial charge in [0.25, 0.3) is 0 Å². The second-order valence-electron chi connectivity index (χ2n) is 20.2. The Kier molecular flexibility index (Phi) is 47.6. The van der Waals surface area contributed by atoms with Gasteiger partial charge in [0, 0.05) is 19.3 Å². The van der Waals surface area contributed by atoms with E-state index >= 15 is 0 Å². The van der Waals surface area contributed by atoms with E-state index in [1.54, 1.807) is 0 Å². The van der Waals surface area contributed by atoms with Gasteiger partial charge in [-0.05, 0) is 31.1 Å². The maximum atomic E-state index is 12.8. The summed E-state index contributed by atoms with van der Waals surface area (Å²) in [7, 11) is 0. The molecule has 368 valence electrons. The molecule has 0 radical (unpaired) electrons. The van der Waals surface area contributed by atoms with Crippen LogP contribution in [0.1, 0.15) is 311 Å². The van der Waals surface area contributed by atoms with Crippen LogP contribution in [0.3, 0.4) is 0 Å². The second-order valence-corrected chi connectivity index (χ2v) is 20.2. The minimum atomic E-state index is -0.761. The first-order chi connectivity index (χ1) is 30.2. The van der Waals surface area contributed by atoms with E-state index in [-0.39, 0.29) is 31.1 Å². The largest absolute Gasteiger partial charge is 0.462 e. The molecule has 6 heteroatoms. The van der Waals surface area contributed by atoms with Crippen molar-refractivity contribution in [1.82, 2.24) is 0 Å². The van der Waals surface area contributed by atoms with Crippen molar-refractivity contribution in [3.05, 3.63) is 0 Å². The molecule has 0 N–H and O–H groups in total. The van der Waals surface area contributed by atoms with E-state index in [1.165, 1.54) is 199 Å². The normalized spacial score (nSPS) is 12.0. The van der Waals surface area contributed by atoms with E-state index in [4.69, 9.17) is 14.2 Å². The molecule has 62 heavy (non-hydrogen) atoms.